The highest BCUT2D eigenvalue weighted by Gasteiger charge is 2.35. The standard InChI is InChI=1S/C25H29F3N4O2/c1-3-5-6-16-34-21-13-9-19(10-14-21)31-24-29-17-22(25(26,27)28)23(32-24)30-18-7-11-20(12-8-18)33-15-4-2/h7-14,17H,3-6,15-16H2,1-2H3,(H2,29,30,31,32). The SMILES string of the molecule is CCCCCOc1ccc(Nc2ncc(C(F)(F)F)c(Nc3ccc(OCCC)cc3)n2)cc1. The second kappa shape index (κ2) is 12.1. The molecule has 0 atom stereocenters. The number of benzene rings is 2. The first-order chi connectivity index (χ1) is 16.4. The van der Waals surface area contributed by atoms with E-state index in [-0.39, 0.29) is 11.8 Å². The van der Waals surface area contributed by atoms with Gasteiger partial charge in [0.25, 0.3) is 0 Å². The minimum Gasteiger partial charge on any atom is -0.494 e. The lowest BCUT2D eigenvalue weighted by molar-refractivity contribution is -0.137. The highest BCUT2D eigenvalue weighted by atomic mass is 19.4. The number of hydrogen-bond acceptors (Lipinski definition) is 6. The van der Waals surface area contributed by atoms with E-state index in [0.717, 1.165) is 37.6 Å². The highest BCUT2D eigenvalue weighted by molar-refractivity contribution is 5.63. The third-order valence-corrected chi connectivity index (χ3v) is 4.81. The monoisotopic (exact) mass is 474 g/mol. The first-order valence-corrected chi connectivity index (χ1v) is 11.3. The molecule has 0 saturated heterocycles. The van der Waals surface area contributed by atoms with Gasteiger partial charge in [0.05, 0.1) is 13.2 Å². The van der Waals surface area contributed by atoms with Gasteiger partial charge in [0.2, 0.25) is 5.95 Å². The van der Waals surface area contributed by atoms with Gasteiger partial charge in [-0.05, 0) is 61.4 Å². The van der Waals surface area contributed by atoms with Crippen LogP contribution in [0.5, 0.6) is 11.5 Å². The zero-order valence-corrected chi connectivity index (χ0v) is 19.3. The van der Waals surface area contributed by atoms with E-state index in [1.807, 2.05) is 6.92 Å². The number of nitrogens with one attached hydrogen (secondary N) is 2. The van der Waals surface area contributed by atoms with E-state index in [4.69, 9.17) is 9.47 Å². The van der Waals surface area contributed by atoms with Crippen LogP contribution in [0.3, 0.4) is 0 Å². The lowest BCUT2D eigenvalue weighted by Gasteiger charge is -2.15. The third-order valence-electron chi connectivity index (χ3n) is 4.81. The van der Waals surface area contributed by atoms with Crippen molar-refractivity contribution in [1.29, 1.82) is 0 Å². The molecule has 1 aromatic heterocycles. The van der Waals surface area contributed by atoms with Crippen LogP contribution in [0, 0.1) is 0 Å². The number of hydrogen-bond donors (Lipinski definition) is 2. The summed E-state index contributed by atoms with van der Waals surface area (Å²) in [6, 6.07) is 13.8. The Labute approximate surface area is 197 Å². The molecule has 0 aliphatic rings. The van der Waals surface area contributed by atoms with E-state index in [2.05, 4.69) is 27.5 Å². The molecule has 0 radical (unpaired) electrons. The first kappa shape index (κ1) is 25.1. The van der Waals surface area contributed by atoms with Crippen molar-refractivity contribution in [2.45, 2.75) is 45.7 Å². The summed E-state index contributed by atoms with van der Waals surface area (Å²) in [4.78, 5) is 7.93. The van der Waals surface area contributed by atoms with Crippen LogP contribution >= 0.6 is 0 Å². The van der Waals surface area contributed by atoms with Crippen LogP contribution in [0.15, 0.2) is 54.7 Å². The van der Waals surface area contributed by atoms with E-state index in [1.165, 1.54) is 0 Å². The summed E-state index contributed by atoms with van der Waals surface area (Å²) in [5.74, 6) is 1.06. The molecule has 0 fully saturated rings. The Morgan fingerprint density at radius 3 is 1.91 bits per heavy atom. The normalized spacial score (nSPS) is 11.2. The maximum absolute atomic E-state index is 13.5. The van der Waals surface area contributed by atoms with Crippen molar-refractivity contribution in [1.82, 2.24) is 9.97 Å². The molecule has 2 aromatic carbocycles. The summed E-state index contributed by atoms with van der Waals surface area (Å²) < 4.78 is 51.8. The molecule has 0 aliphatic heterocycles. The molecule has 3 rings (SSSR count). The summed E-state index contributed by atoms with van der Waals surface area (Å²) in [5, 5.41) is 5.68. The van der Waals surface area contributed by atoms with Gasteiger partial charge in [-0.2, -0.15) is 18.2 Å². The summed E-state index contributed by atoms with van der Waals surface area (Å²) in [5.41, 5.74) is 0.118. The Bertz CT molecular complexity index is 1030. The van der Waals surface area contributed by atoms with Gasteiger partial charge in [0.1, 0.15) is 22.9 Å². The Kier molecular flexibility index (Phi) is 8.95. The molecule has 34 heavy (non-hydrogen) atoms. The van der Waals surface area contributed by atoms with Crippen molar-refractivity contribution < 1.29 is 22.6 Å². The van der Waals surface area contributed by atoms with E-state index in [0.29, 0.717) is 30.3 Å². The fraction of sp³-hybridized carbons (Fsp3) is 0.360. The van der Waals surface area contributed by atoms with Gasteiger partial charge >= 0.3 is 6.18 Å². The average Bonchev–Trinajstić information content (AvgIpc) is 2.82. The van der Waals surface area contributed by atoms with Gasteiger partial charge in [-0.3, -0.25) is 0 Å². The predicted molar refractivity (Wildman–Crippen MR) is 127 cm³/mol. The quantitative estimate of drug-likeness (QED) is 0.268. The minimum absolute atomic E-state index is 0.0370. The van der Waals surface area contributed by atoms with Crippen LogP contribution < -0.4 is 20.1 Å². The van der Waals surface area contributed by atoms with Gasteiger partial charge in [-0.15, -0.1) is 0 Å². The van der Waals surface area contributed by atoms with Crippen LogP contribution in [-0.2, 0) is 6.18 Å². The molecule has 182 valence electrons. The molecule has 3 aromatic rings. The van der Waals surface area contributed by atoms with Crippen LogP contribution in [0.1, 0.15) is 45.1 Å². The van der Waals surface area contributed by atoms with Crippen molar-refractivity contribution in [3.8, 4) is 11.5 Å². The number of unbranched alkanes of at least 4 members (excludes halogenated alkanes) is 2. The van der Waals surface area contributed by atoms with Crippen molar-refractivity contribution >= 4 is 23.1 Å². The molecule has 0 amide bonds. The molecule has 2 N–H and O–H groups in total. The van der Waals surface area contributed by atoms with Crippen LogP contribution in [-0.4, -0.2) is 23.2 Å². The summed E-state index contributed by atoms with van der Waals surface area (Å²) >= 11 is 0. The lowest BCUT2D eigenvalue weighted by atomic mass is 10.2. The van der Waals surface area contributed by atoms with E-state index < -0.39 is 11.7 Å². The number of halogens is 3. The lowest BCUT2D eigenvalue weighted by Crippen LogP contribution is -2.12. The smallest absolute Gasteiger partial charge is 0.421 e. The number of aromatic nitrogens is 2. The number of nitrogens with zero attached hydrogens (tertiary/aromatic N) is 2. The summed E-state index contributed by atoms with van der Waals surface area (Å²) in [7, 11) is 0. The zero-order chi connectivity index (χ0) is 24.4. The largest absolute Gasteiger partial charge is 0.494 e. The molecule has 0 spiro atoms. The fourth-order valence-electron chi connectivity index (χ4n) is 3.04. The molecule has 0 unspecified atom stereocenters. The van der Waals surface area contributed by atoms with Crippen molar-refractivity contribution in [3.05, 3.63) is 60.3 Å². The number of ether oxygens (including phenoxy) is 2. The zero-order valence-electron chi connectivity index (χ0n) is 19.3. The molecule has 0 saturated carbocycles. The van der Waals surface area contributed by atoms with E-state index >= 15 is 0 Å². The Hall–Kier alpha value is -3.49. The summed E-state index contributed by atoms with van der Waals surface area (Å²) in [6.07, 6.45) is 0.233. The van der Waals surface area contributed by atoms with Crippen LogP contribution in [0.2, 0.25) is 0 Å². The van der Waals surface area contributed by atoms with Crippen molar-refractivity contribution in [2.75, 3.05) is 23.8 Å². The van der Waals surface area contributed by atoms with Crippen LogP contribution in [0.4, 0.5) is 36.3 Å². The third kappa shape index (κ3) is 7.54. The van der Waals surface area contributed by atoms with Gasteiger partial charge in [-0.1, -0.05) is 26.7 Å². The Morgan fingerprint density at radius 2 is 1.35 bits per heavy atom. The highest BCUT2D eigenvalue weighted by Crippen LogP contribution is 2.35. The molecule has 0 bridgehead atoms. The molecule has 0 aliphatic carbocycles. The van der Waals surface area contributed by atoms with Gasteiger partial charge in [-0.25, -0.2) is 4.98 Å². The molecular formula is C25H29F3N4O2. The molecule has 9 heteroatoms. The van der Waals surface area contributed by atoms with Gasteiger partial charge < -0.3 is 20.1 Å². The average molecular weight is 475 g/mol. The van der Waals surface area contributed by atoms with E-state index in [9.17, 15) is 13.2 Å². The molecular weight excluding hydrogens is 445 g/mol. The molecule has 1 heterocycles. The van der Waals surface area contributed by atoms with Crippen molar-refractivity contribution in [2.24, 2.45) is 0 Å². The topological polar surface area (TPSA) is 68.3 Å². The Balaban J connectivity index is 1.72. The van der Waals surface area contributed by atoms with Crippen LogP contribution in [0.25, 0.3) is 0 Å². The number of rotatable bonds is 12. The Morgan fingerprint density at radius 1 is 0.765 bits per heavy atom. The second-order valence-corrected chi connectivity index (χ2v) is 7.66. The fourth-order valence-corrected chi connectivity index (χ4v) is 3.04. The number of alkyl halides is 3. The minimum atomic E-state index is -4.61. The second-order valence-electron chi connectivity index (χ2n) is 7.66. The first-order valence-electron chi connectivity index (χ1n) is 11.3. The predicted octanol–water partition coefficient (Wildman–Crippen LogP) is 7.34. The maximum atomic E-state index is 13.5. The van der Waals surface area contributed by atoms with Crippen molar-refractivity contribution in [3.63, 3.8) is 0 Å². The number of anilines is 4. The molecule has 6 nitrogen and oxygen atoms in total. The van der Waals surface area contributed by atoms with E-state index in [1.54, 1.807) is 48.5 Å². The van der Waals surface area contributed by atoms with Gasteiger partial charge in [0, 0.05) is 17.6 Å². The maximum Gasteiger partial charge on any atom is 0.421 e. The van der Waals surface area contributed by atoms with Gasteiger partial charge in [0.15, 0.2) is 0 Å². The summed E-state index contributed by atoms with van der Waals surface area (Å²) in [6.45, 7) is 5.33.